The van der Waals surface area contributed by atoms with Crippen LogP contribution in [0, 0.1) is 5.92 Å². The average molecular weight is 224 g/mol. The molecule has 0 atom stereocenters. The zero-order valence-electron chi connectivity index (χ0n) is 9.36. The van der Waals surface area contributed by atoms with Gasteiger partial charge in [-0.3, -0.25) is 0 Å². The molecule has 0 saturated heterocycles. The number of halogens is 3. The Balaban J connectivity index is 2.42. The molecule has 1 saturated carbocycles. The Kier molecular flexibility index (Phi) is 4.04. The van der Waals surface area contributed by atoms with E-state index in [0.29, 0.717) is 0 Å². The van der Waals surface area contributed by atoms with Crippen molar-refractivity contribution in [2.75, 3.05) is 6.61 Å². The molecule has 90 valence electrons. The van der Waals surface area contributed by atoms with E-state index in [1.165, 1.54) is 6.42 Å². The molecular formula is C11H19F3O. The normalized spacial score (nSPS) is 20.6. The van der Waals surface area contributed by atoms with Crippen LogP contribution in [0.4, 0.5) is 13.2 Å². The fraction of sp³-hybridized carbons (Fsp3) is 1.00. The molecule has 0 N–H and O–H groups in total. The molecule has 0 aromatic rings. The lowest BCUT2D eigenvalue weighted by molar-refractivity contribution is -0.210. The summed E-state index contributed by atoms with van der Waals surface area (Å²) < 4.78 is 41.1. The van der Waals surface area contributed by atoms with E-state index < -0.39 is 18.4 Å². The van der Waals surface area contributed by atoms with Gasteiger partial charge < -0.3 is 4.74 Å². The van der Waals surface area contributed by atoms with E-state index in [0.717, 1.165) is 25.7 Å². The number of hydrogen-bond donors (Lipinski definition) is 0. The van der Waals surface area contributed by atoms with E-state index in [-0.39, 0.29) is 5.92 Å². The summed E-state index contributed by atoms with van der Waals surface area (Å²) in [5.74, 6) is 0.272. The van der Waals surface area contributed by atoms with Crippen LogP contribution >= 0.6 is 0 Å². The second-order valence-corrected chi connectivity index (χ2v) is 4.84. The van der Waals surface area contributed by atoms with E-state index in [1.54, 1.807) is 13.8 Å². The molecule has 0 aliphatic heterocycles. The molecule has 0 bridgehead atoms. The number of hydrogen-bond acceptors (Lipinski definition) is 1. The Morgan fingerprint density at radius 2 is 1.60 bits per heavy atom. The maximum absolute atomic E-state index is 12.0. The van der Waals surface area contributed by atoms with Crippen LogP contribution in [0.25, 0.3) is 0 Å². The number of alkyl halides is 3. The van der Waals surface area contributed by atoms with Gasteiger partial charge in [-0.25, -0.2) is 0 Å². The highest BCUT2D eigenvalue weighted by molar-refractivity contribution is 4.82. The summed E-state index contributed by atoms with van der Waals surface area (Å²) in [7, 11) is 0. The van der Waals surface area contributed by atoms with Gasteiger partial charge in [0.05, 0.1) is 5.60 Å². The first kappa shape index (κ1) is 12.8. The quantitative estimate of drug-likeness (QED) is 0.706. The first-order chi connectivity index (χ1) is 6.81. The van der Waals surface area contributed by atoms with Crippen LogP contribution in [0.15, 0.2) is 0 Å². The minimum Gasteiger partial charge on any atom is -0.366 e. The molecule has 0 unspecified atom stereocenters. The van der Waals surface area contributed by atoms with Crippen LogP contribution in [-0.2, 0) is 4.74 Å². The zero-order chi connectivity index (χ0) is 11.5. The predicted molar refractivity (Wildman–Crippen MR) is 52.7 cm³/mol. The summed E-state index contributed by atoms with van der Waals surface area (Å²) in [6.07, 6.45) is 1.19. The molecule has 1 rings (SSSR count). The fourth-order valence-electron chi connectivity index (χ4n) is 2.18. The first-order valence-electron chi connectivity index (χ1n) is 5.52. The summed E-state index contributed by atoms with van der Waals surface area (Å²) in [6, 6.07) is 0. The molecule has 0 spiro atoms. The molecule has 4 heteroatoms. The fourth-order valence-corrected chi connectivity index (χ4v) is 2.18. The van der Waals surface area contributed by atoms with Gasteiger partial charge in [-0.2, -0.15) is 13.2 Å². The van der Waals surface area contributed by atoms with Gasteiger partial charge in [-0.1, -0.05) is 19.3 Å². The number of ether oxygens (including phenoxy) is 1. The van der Waals surface area contributed by atoms with E-state index >= 15 is 0 Å². The molecule has 15 heavy (non-hydrogen) atoms. The summed E-state index contributed by atoms with van der Waals surface area (Å²) in [6.45, 7) is 2.42. The van der Waals surface area contributed by atoms with Crippen molar-refractivity contribution in [3.8, 4) is 0 Å². The predicted octanol–water partition coefficient (Wildman–Crippen LogP) is 3.92. The third-order valence-electron chi connectivity index (χ3n) is 3.20. The van der Waals surface area contributed by atoms with E-state index in [1.807, 2.05) is 0 Å². The molecule has 1 aliphatic carbocycles. The van der Waals surface area contributed by atoms with Crippen molar-refractivity contribution < 1.29 is 17.9 Å². The van der Waals surface area contributed by atoms with Crippen LogP contribution in [0.1, 0.15) is 46.0 Å². The third kappa shape index (κ3) is 4.41. The summed E-state index contributed by atoms with van der Waals surface area (Å²) in [4.78, 5) is 0. The Hall–Kier alpha value is -0.250. The standard InChI is InChI=1S/C11H19F3O/c1-10(2,15-8-11(12,13)14)9-6-4-3-5-7-9/h9H,3-8H2,1-2H3. The second kappa shape index (κ2) is 4.73. The van der Waals surface area contributed by atoms with Crippen molar-refractivity contribution in [3.63, 3.8) is 0 Å². The summed E-state index contributed by atoms with van der Waals surface area (Å²) in [5.41, 5.74) is -0.643. The van der Waals surface area contributed by atoms with Crippen molar-refractivity contribution >= 4 is 0 Å². The Labute approximate surface area is 89.0 Å². The molecule has 0 aromatic heterocycles. The number of rotatable bonds is 3. The smallest absolute Gasteiger partial charge is 0.366 e. The van der Waals surface area contributed by atoms with Gasteiger partial charge in [-0.05, 0) is 32.6 Å². The van der Waals surface area contributed by atoms with Gasteiger partial charge in [0.25, 0.3) is 0 Å². The van der Waals surface area contributed by atoms with Crippen molar-refractivity contribution in [2.24, 2.45) is 5.92 Å². The molecule has 1 fully saturated rings. The van der Waals surface area contributed by atoms with Crippen LogP contribution in [-0.4, -0.2) is 18.4 Å². The molecule has 1 aliphatic rings. The lowest BCUT2D eigenvalue weighted by Crippen LogP contribution is -2.38. The largest absolute Gasteiger partial charge is 0.411 e. The molecule has 0 radical (unpaired) electrons. The molecule has 0 aromatic carbocycles. The first-order valence-corrected chi connectivity index (χ1v) is 5.52. The summed E-state index contributed by atoms with van der Waals surface area (Å²) in [5, 5.41) is 0. The lowest BCUT2D eigenvalue weighted by atomic mass is 9.79. The lowest BCUT2D eigenvalue weighted by Gasteiger charge is -2.37. The van der Waals surface area contributed by atoms with E-state index in [9.17, 15) is 13.2 Å². The Bertz CT molecular complexity index is 192. The van der Waals surface area contributed by atoms with Gasteiger partial charge in [0.1, 0.15) is 6.61 Å². The van der Waals surface area contributed by atoms with Gasteiger partial charge >= 0.3 is 6.18 Å². The van der Waals surface area contributed by atoms with Crippen molar-refractivity contribution in [1.29, 1.82) is 0 Å². The minimum absolute atomic E-state index is 0.272. The second-order valence-electron chi connectivity index (χ2n) is 4.84. The highest BCUT2D eigenvalue weighted by Crippen LogP contribution is 2.35. The molecule has 1 nitrogen and oxygen atoms in total. The summed E-state index contributed by atoms with van der Waals surface area (Å²) >= 11 is 0. The minimum atomic E-state index is -4.22. The molecule has 0 heterocycles. The Morgan fingerprint density at radius 3 is 2.07 bits per heavy atom. The van der Waals surface area contributed by atoms with Gasteiger partial charge in [0, 0.05) is 0 Å². The molecular weight excluding hydrogens is 205 g/mol. The third-order valence-corrected chi connectivity index (χ3v) is 3.20. The monoisotopic (exact) mass is 224 g/mol. The highest BCUT2D eigenvalue weighted by Gasteiger charge is 2.36. The van der Waals surface area contributed by atoms with Crippen molar-refractivity contribution in [1.82, 2.24) is 0 Å². The van der Waals surface area contributed by atoms with Crippen molar-refractivity contribution in [2.45, 2.75) is 57.7 Å². The maximum atomic E-state index is 12.0. The van der Waals surface area contributed by atoms with Crippen LogP contribution in [0.5, 0.6) is 0 Å². The maximum Gasteiger partial charge on any atom is 0.411 e. The zero-order valence-corrected chi connectivity index (χ0v) is 9.36. The van der Waals surface area contributed by atoms with Crippen molar-refractivity contribution in [3.05, 3.63) is 0 Å². The van der Waals surface area contributed by atoms with E-state index in [4.69, 9.17) is 4.74 Å². The van der Waals surface area contributed by atoms with E-state index in [2.05, 4.69) is 0 Å². The topological polar surface area (TPSA) is 9.23 Å². The highest BCUT2D eigenvalue weighted by atomic mass is 19.4. The van der Waals surface area contributed by atoms with Gasteiger partial charge in [0.2, 0.25) is 0 Å². The SMILES string of the molecule is CC(C)(OCC(F)(F)F)C1CCCCC1. The van der Waals surface area contributed by atoms with Crippen LogP contribution < -0.4 is 0 Å². The Morgan fingerprint density at radius 1 is 1.07 bits per heavy atom. The van der Waals surface area contributed by atoms with Gasteiger partial charge in [-0.15, -0.1) is 0 Å². The van der Waals surface area contributed by atoms with Crippen LogP contribution in [0.2, 0.25) is 0 Å². The average Bonchev–Trinajstić information content (AvgIpc) is 2.16. The van der Waals surface area contributed by atoms with Crippen LogP contribution in [0.3, 0.4) is 0 Å². The molecule has 0 amide bonds. The van der Waals surface area contributed by atoms with Gasteiger partial charge in [0.15, 0.2) is 0 Å².